The van der Waals surface area contributed by atoms with Crippen LogP contribution < -0.4 is 0 Å². The van der Waals surface area contributed by atoms with Crippen molar-refractivity contribution in [3.63, 3.8) is 0 Å². The minimum atomic E-state index is 0.0195. The van der Waals surface area contributed by atoms with Gasteiger partial charge in [-0.05, 0) is 65.4 Å². The Kier molecular flexibility index (Phi) is 3.96. The smallest absolute Gasteiger partial charge is 0.264 e. The fourth-order valence-corrected chi connectivity index (χ4v) is 4.40. The van der Waals surface area contributed by atoms with E-state index in [2.05, 4.69) is 50.7 Å². The number of aromatic nitrogens is 1. The van der Waals surface area contributed by atoms with E-state index in [1.165, 1.54) is 0 Å². The quantitative estimate of drug-likeness (QED) is 0.293. The molecule has 1 aromatic heterocycles. The highest BCUT2D eigenvalue weighted by Gasteiger charge is 2.20. The monoisotopic (exact) mass is 489 g/mol. The fourth-order valence-electron chi connectivity index (χ4n) is 3.18. The molecule has 4 rings (SSSR count). The van der Waals surface area contributed by atoms with Crippen LogP contribution in [0.25, 0.3) is 21.8 Å². The minimum Gasteiger partial charge on any atom is -0.276 e. The first kappa shape index (κ1) is 15.8. The van der Waals surface area contributed by atoms with Crippen LogP contribution >= 0.6 is 38.5 Å². The number of nitrogens with zero attached hydrogens (tertiary/aromatic N) is 1. The van der Waals surface area contributed by atoms with Gasteiger partial charge < -0.3 is 0 Å². The second-order valence-electron chi connectivity index (χ2n) is 5.75. The number of hydrogen-bond donors (Lipinski definition) is 0. The Morgan fingerprint density at radius 3 is 2.50 bits per heavy atom. The lowest BCUT2D eigenvalue weighted by molar-refractivity contribution is 0.0968. The second kappa shape index (κ2) is 6.01. The lowest BCUT2D eigenvalue weighted by Gasteiger charge is -2.10. The number of carbonyl (C=O) groups is 1. The van der Waals surface area contributed by atoms with Gasteiger partial charge in [0, 0.05) is 18.8 Å². The molecular weight excluding hydrogens is 477 g/mol. The number of hydrogen-bond acceptors (Lipinski definition) is 1. The summed E-state index contributed by atoms with van der Waals surface area (Å²) in [6, 6.07) is 20.1. The standard InChI is InChI=1S/C20H13BrINO/c1-12-5-4-7-16(22)19(12)20(24)23-17-8-3-2-6-14(17)15-11-13(21)9-10-18(15)23/h2-11H,1H3. The number of fused-ring (bicyclic) bond motifs is 3. The first-order chi connectivity index (χ1) is 11.6. The minimum absolute atomic E-state index is 0.0195. The van der Waals surface area contributed by atoms with E-state index in [1.54, 1.807) is 0 Å². The van der Waals surface area contributed by atoms with Crippen LogP contribution in [0.5, 0.6) is 0 Å². The molecule has 0 aliphatic heterocycles. The number of rotatable bonds is 1. The Labute approximate surface area is 161 Å². The number of aryl methyl sites for hydroxylation is 1. The topological polar surface area (TPSA) is 22.0 Å². The first-order valence-corrected chi connectivity index (χ1v) is 9.43. The van der Waals surface area contributed by atoms with Crippen molar-refractivity contribution in [2.24, 2.45) is 0 Å². The number of carbonyl (C=O) groups excluding carboxylic acids is 1. The van der Waals surface area contributed by atoms with Crippen LogP contribution in [0.3, 0.4) is 0 Å². The van der Waals surface area contributed by atoms with E-state index in [-0.39, 0.29) is 5.91 Å². The summed E-state index contributed by atoms with van der Waals surface area (Å²) in [6.07, 6.45) is 0. The molecule has 4 heteroatoms. The van der Waals surface area contributed by atoms with Crippen LogP contribution in [0, 0.1) is 10.5 Å². The zero-order chi connectivity index (χ0) is 16.8. The average Bonchev–Trinajstić information content (AvgIpc) is 2.88. The maximum absolute atomic E-state index is 13.4. The summed E-state index contributed by atoms with van der Waals surface area (Å²) >= 11 is 5.77. The van der Waals surface area contributed by atoms with Gasteiger partial charge in [-0.1, -0.05) is 46.3 Å². The van der Waals surface area contributed by atoms with Crippen molar-refractivity contribution in [1.29, 1.82) is 0 Å². The Balaban J connectivity index is 2.11. The second-order valence-corrected chi connectivity index (χ2v) is 7.83. The largest absolute Gasteiger partial charge is 0.276 e. The highest BCUT2D eigenvalue weighted by Crippen LogP contribution is 2.32. The maximum Gasteiger partial charge on any atom is 0.264 e. The van der Waals surface area contributed by atoms with Crippen LogP contribution in [0.2, 0.25) is 0 Å². The molecule has 1 heterocycles. The van der Waals surface area contributed by atoms with Crippen molar-refractivity contribution in [3.8, 4) is 0 Å². The molecule has 0 radical (unpaired) electrons. The van der Waals surface area contributed by atoms with Gasteiger partial charge in [-0.15, -0.1) is 0 Å². The molecule has 24 heavy (non-hydrogen) atoms. The van der Waals surface area contributed by atoms with Crippen LogP contribution in [0.1, 0.15) is 15.9 Å². The molecule has 0 saturated heterocycles. The van der Waals surface area contributed by atoms with E-state index in [1.807, 2.05) is 60.0 Å². The van der Waals surface area contributed by atoms with Gasteiger partial charge >= 0.3 is 0 Å². The first-order valence-electron chi connectivity index (χ1n) is 7.56. The van der Waals surface area contributed by atoms with Gasteiger partial charge in [0.05, 0.1) is 16.6 Å². The third kappa shape index (κ3) is 2.40. The summed E-state index contributed by atoms with van der Waals surface area (Å²) in [5, 5.41) is 2.17. The van der Waals surface area contributed by atoms with Crippen molar-refractivity contribution >= 4 is 66.2 Å². The van der Waals surface area contributed by atoms with Crippen molar-refractivity contribution in [2.75, 3.05) is 0 Å². The molecule has 118 valence electrons. The molecule has 0 fully saturated rings. The summed E-state index contributed by atoms with van der Waals surface area (Å²) in [5.41, 5.74) is 3.64. The number of benzene rings is 3. The predicted molar refractivity (Wildman–Crippen MR) is 111 cm³/mol. The zero-order valence-electron chi connectivity index (χ0n) is 12.9. The van der Waals surface area contributed by atoms with Crippen LogP contribution in [0.15, 0.2) is 65.1 Å². The Morgan fingerprint density at radius 1 is 0.958 bits per heavy atom. The van der Waals surface area contributed by atoms with E-state index in [0.29, 0.717) is 0 Å². The van der Waals surface area contributed by atoms with Crippen LogP contribution in [0.4, 0.5) is 0 Å². The van der Waals surface area contributed by atoms with Crippen molar-refractivity contribution < 1.29 is 4.79 Å². The molecule has 0 bridgehead atoms. The fraction of sp³-hybridized carbons (Fsp3) is 0.0500. The van der Waals surface area contributed by atoms with Crippen molar-refractivity contribution in [3.05, 3.63) is 79.8 Å². The molecule has 0 aliphatic rings. The predicted octanol–water partition coefficient (Wildman–Crippen LogP) is 6.16. The molecule has 4 aromatic rings. The SMILES string of the molecule is Cc1cccc(I)c1C(=O)n1c2ccccc2c2cc(Br)ccc21. The molecule has 0 N–H and O–H groups in total. The number of halogens is 2. The van der Waals surface area contributed by atoms with E-state index >= 15 is 0 Å². The zero-order valence-corrected chi connectivity index (χ0v) is 16.6. The summed E-state index contributed by atoms with van der Waals surface area (Å²) in [6.45, 7) is 1.99. The summed E-state index contributed by atoms with van der Waals surface area (Å²) in [7, 11) is 0. The van der Waals surface area contributed by atoms with Crippen molar-refractivity contribution in [2.45, 2.75) is 6.92 Å². The lowest BCUT2D eigenvalue weighted by Crippen LogP contribution is -2.14. The maximum atomic E-state index is 13.4. The molecule has 0 saturated carbocycles. The average molecular weight is 490 g/mol. The van der Waals surface area contributed by atoms with Gasteiger partial charge in [0.2, 0.25) is 0 Å². The van der Waals surface area contributed by atoms with Gasteiger partial charge in [0.25, 0.3) is 5.91 Å². The molecule has 0 amide bonds. The van der Waals surface area contributed by atoms with E-state index in [9.17, 15) is 4.79 Å². The van der Waals surface area contributed by atoms with Gasteiger partial charge in [0.1, 0.15) is 0 Å². The Bertz CT molecular complexity index is 1090. The van der Waals surface area contributed by atoms with Gasteiger partial charge in [-0.25, -0.2) is 0 Å². The third-order valence-electron chi connectivity index (χ3n) is 4.27. The highest BCUT2D eigenvalue weighted by atomic mass is 127. The Morgan fingerprint density at radius 2 is 1.71 bits per heavy atom. The van der Waals surface area contributed by atoms with E-state index in [0.717, 1.165) is 41.0 Å². The molecule has 2 nitrogen and oxygen atoms in total. The van der Waals surface area contributed by atoms with Gasteiger partial charge in [-0.2, -0.15) is 0 Å². The molecular formula is C20H13BrINO. The third-order valence-corrected chi connectivity index (χ3v) is 5.67. The van der Waals surface area contributed by atoms with Gasteiger partial charge in [0.15, 0.2) is 0 Å². The summed E-state index contributed by atoms with van der Waals surface area (Å²) in [5.74, 6) is 0.0195. The molecule has 0 spiro atoms. The van der Waals surface area contributed by atoms with E-state index < -0.39 is 0 Å². The van der Waals surface area contributed by atoms with Crippen molar-refractivity contribution in [1.82, 2.24) is 4.57 Å². The molecule has 0 atom stereocenters. The van der Waals surface area contributed by atoms with E-state index in [4.69, 9.17) is 0 Å². The molecule has 0 aliphatic carbocycles. The summed E-state index contributed by atoms with van der Waals surface area (Å²) < 4.78 is 3.82. The normalized spacial score (nSPS) is 11.3. The Hall–Kier alpha value is -1.66. The van der Waals surface area contributed by atoms with Crippen LogP contribution in [-0.4, -0.2) is 10.5 Å². The molecule has 3 aromatic carbocycles. The van der Waals surface area contributed by atoms with Crippen LogP contribution in [-0.2, 0) is 0 Å². The lowest BCUT2D eigenvalue weighted by atomic mass is 10.1. The summed E-state index contributed by atoms with van der Waals surface area (Å²) in [4.78, 5) is 13.4. The molecule has 0 unspecified atom stereocenters. The van der Waals surface area contributed by atoms with Gasteiger partial charge in [-0.3, -0.25) is 9.36 Å². The number of para-hydroxylation sites is 1. The highest BCUT2D eigenvalue weighted by molar-refractivity contribution is 14.1.